The lowest BCUT2D eigenvalue weighted by molar-refractivity contribution is 0.0737. The van der Waals surface area contributed by atoms with Gasteiger partial charge in [-0.05, 0) is 19.1 Å². The Kier molecular flexibility index (Phi) is 3.49. The van der Waals surface area contributed by atoms with Crippen LogP contribution in [0.2, 0.25) is 0 Å². The molecule has 0 spiro atoms. The molecule has 1 aliphatic heterocycles. The molecule has 1 amide bonds. The molecule has 3 aromatic rings. The van der Waals surface area contributed by atoms with Gasteiger partial charge in [-0.1, -0.05) is 29.5 Å². The largest absolute Gasteiger partial charge is 0.368 e. The predicted octanol–water partition coefficient (Wildman–Crippen LogP) is 2.06. The maximum absolute atomic E-state index is 12.8. The van der Waals surface area contributed by atoms with Crippen molar-refractivity contribution in [1.82, 2.24) is 19.5 Å². The van der Waals surface area contributed by atoms with E-state index < -0.39 is 0 Å². The van der Waals surface area contributed by atoms with Crippen LogP contribution in [0.25, 0.3) is 4.96 Å². The van der Waals surface area contributed by atoms with E-state index in [1.807, 2.05) is 30.0 Å². The topological polar surface area (TPSA) is 53.7 Å². The zero-order valence-electron chi connectivity index (χ0n) is 12.8. The SMILES string of the molecule is Cc1nc2scnn2c1C(=O)N1CCN(c2ccccc2)CC1. The zero-order chi connectivity index (χ0) is 15.8. The summed E-state index contributed by atoms with van der Waals surface area (Å²) in [5.74, 6) is 0.0219. The van der Waals surface area contributed by atoms with Crippen molar-refractivity contribution in [3.63, 3.8) is 0 Å². The van der Waals surface area contributed by atoms with E-state index in [0.29, 0.717) is 18.8 Å². The third-order valence-electron chi connectivity index (χ3n) is 4.21. The van der Waals surface area contributed by atoms with Crippen molar-refractivity contribution < 1.29 is 4.79 Å². The van der Waals surface area contributed by atoms with Gasteiger partial charge >= 0.3 is 0 Å². The fraction of sp³-hybridized carbons (Fsp3) is 0.312. The number of anilines is 1. The highest BCUT2D eigenvalue weighted by Crippen LogP contribution is 2.19. The minimum absolute atomic E-state index is 0.0219. The molecule has 0 atom stereocenters. The van der Waals surface area contributed by atoms with Crippen LogP contribution in [-0.2, 0) is 0 Å². The molecule has 2 aromatic heterocycles. The minimum atomic E-state index is 0.0219. The summed E-state index contributed by atoms with van der Waals surface area (Å²) in [6, 6.07) is 10.3. The molecule has 1 aromatic carbocycles. The first-order valence-electron chi connectivity index (χ1n) is 7.62. The first-order valence-corrected chi connectivity index (χ1v) is 8.50. The summed E-state index contributed by atoms with van der Waals surface area (Å²) in [6.07, 6.45) is 0. The van der Waals surface area contributed by atoms with Crippen molar-refractivity contribution in [3.8, 4) is 0 Å². The van der Waals surface area contributed by atoms with E-state index in [1.165, 1.54) is 17.0 Å². The van der Waals surface area contributed by atoms with E-state index in [9.17, 15) is 4.79 Å². The first kappa shape index (κ1) is 14.2. The number of rotatable bonds is 2. The van der Waals surface area contributed by atoms with Gasteiger partial charge in [0, 0.05) is 31.9 Å². The van der Waals surface area contributed by atoms with Gasteiger partial charge in [0.25, 0.3) is 5.91 Å². The van der Waals surface area contributed by atoms with Crippen molar-refractivity contribution >= 4 is 27.9 Å². The van der Waals surface area contributed by atoms with Crippen molar-refractivity contribution in [3.05, 3.63) is 47.2 Å². The van der Waals surface area contributed by atoms with Crippen molar-refractivity contribution in [1.29, 1.82) is 0 Å². The smallest absolute Gasteiger partial charge is 0.274 e. The molecule has 23 heavy (non-hydrogen) atoms. The predicted molar refractivity (Wildman–Crippen MR) is 90.2 cm³/mol. The summed E-state index contributed by atoms with van der Waals surface area (Å²) >= 11 is 1.45. The lowest BCUT2D eigenvalue weighted by atomic mass is 10.2. The second kappa shape index (κ2) is 5.66. The number of fused-ring (bicyclic) bond motifs is 1. The van der Waals surface area contributed by atoms with Crippen LogP contribution in [0.3, 0.4) is 0 Å². The molecule has 0 bridgehead atoms. The van der Waals surface area contributed by atoms with Crippen molar-refractivity contribution in [2.75, 3.05) is 31.1 Å². The van der Waals surface area contributed by atoms with Crippen LogP contribution in [-0.4, -0.2) is 51.6 Å². The molecule has 0 N–H and O–H groups in total. The van der Waals surface area contributed by atoms with Gasteiger partial charge in [0.05, 0.1) is 5.69 Å². The maximum atomic E-state index is 12.8. The van der Waals surface area contributed by atoms with Gasteiger partial charge in [0.1, 0.15) is 5.51 Å². The van der Waals surface area contributed by atoms with E-state index in [4.69, 9.17) is 0 Å². The highest BCUT2D eigenvalue weighted by Gasteiger charge is 2.27. The van der Waals surface area contributed by atoms with Crippen molar-refractivity contribution in [2.45, 2.75) is 6.92 Å². The van der Waals surface area contributed by atoms with E-state index in [-0.39, 0.29) is 5.91 Å². The second-order valence-corrected chi connectivity index (χ2v) is 6.41. The van der Waals surface area contributed by atoms with Crippen LogP contribution < -0.4 is 4.90 Å². The van der Waals surface area contributed by atoms with E-state index in [0.717, 1.165) is 23.7 Å². The molecule has 0 unspecified atom stereocenters. The number of aryl methyl sites for hydroxylation is 1. The summed E-state index contributed by atoms with van der Waals surface area (Å²) in [5, 5.41) is 4.23. The number of carbonyl (C=O) groups is 1. The van der Waals surface area contributed by atoms with Gasteiger partial charge in [0.15, 0.2) is 5.69 Å². The molecule has 1 fully saturated rings. The summed E-state index contributed by atoms with van der Waals surface area (Å²) in [6.45, 7) is 4.98. The molecule has 0 radical (unpaired) electrons. The van der Waals surface area contributed by atoms with Gasteiger partial charge in [-0.15, -0.1) is 0 Å². The monoisotopic (exact) mass is 327 g/mol. The van der Waals surface area contributed by atoms with Crippen LogP contribution in [0.1, 0.15) is 16.2 Å². The van der Waals surface area contributed by atoms with Crippen LogP contribution in [0.15, 0.2) is 35.8 Å². The zero-order valence-corrected chi connectivity index (χ0v) is 13.7. The molecule has 118 valence electrons. The Morgan fingerprint density at radius 1 is 1.13 bits per heavy atom. The molecule has 0 aliphatic carbocycles. The number of aromatic nitrogens is 3. The number of amides is 1. The maximum Gasteiger partial charge on any atom is 0.274 e. The molecule has 6 nitrogen and oxygen atoms in total. The number of benzene rings is 1. The summed E-state index contributed by atoms with van der Waals surface area (Å²) < 4.78 is 1.66. The van der Waals surface area contributed by atoms with Crippen molar-refractivity contribution in [2.24, 2.45) is 0 Å². The van der Waals surface area contributed by atoms with Gasteiger partial charge in [-0.2, -0.15) is 9.61 Å². The fourth-order valence-corrected chi connectivity index (χ4v) is 3.66. The van der Waals surface area contributed by atoms with Crippen LogP contribution >= 0.6 is 11.3 Å². The lowest BCUT2D eigenvalue weighted by Gasteiger charge is -2.36. The highest BCUT2D eigenvalue weighted by molar-refractivity contribution is 7.14. The number of hydrogen-bond donors (Lipinski definition) is 0. The first-order chi connectivity index (χ1) is 11.2. The normalized spacial score (nSPS) is 15.3. The Morgan fingerprint density at radius 2 is 1.87 bits per heavy atom. The van der Waals surface area contributed by atoms with Crippen LogP contribution in [0.4, 0.5) is 5.69 Å². The Bertz CT molecular complexity index is 833. The molecule has 7 heteroatoms. The van der Waals surface area contributed by atoms with Crippen LogP contribution in [0.5, 0.6) is 0 Å². The molecule has 0 saturated carbocycles. The van der Waals surface area contributed by atoms with Gasteiger partial charge < -0.3 is 9.80 Å². The Hall–Kier alpha value is -2.41. The standard InChI is InChI=1S/C16H17N5OS/c1-12-14(21-16(18-12)23-11-17-21)15(22)20-9-7-19(8-10-20)13-5-3-2-4-6-13/h2-6,11H,7-10H2,1H3. The summed E-state index contributed by atoms with van der Waals surface area (Å²) in [7, 11) is 0. The molecule has 1 saturated heterocycles. The Balaban J connectivity index is 1.51. The Labute approximate surface area is 138 Å². The molecule has 1 aliphatic rings. The summed E-state index contributed by atoms with van der Waals surface area (Å²) in [4.78, 5) is 22.2. The number of para-hydroxylation sites is 1. The summed E-state index contributed by atoms with van der Waals surface area (Å²) in [5.41, 5.74) is 4.27. The third-order valence-corrected chi connectivity index (χ3v) is 4.89. The third kappa shape index (κ3) is 2.46. The number of carbonyl (C=O) groups excluding carboxylic acids is 1. The number of hydrogen-bond acceptors (Lipinski definition) is 5. The quantitative estimate of drug-likeness (QED) is 0.723. The lowest BCUT2D eigenvalue weighted by Crippen LogP contribution is -2.49. The molecule has 4 rings (SSSR count). The van der Waals surface area contributed by atoms with Crippen LogP contribution in [0, 0.1) is 6.92 Å². The minimum Gasteiger partial charge on any atom is -0.368 e. The van der Waals surface area contributed by atoms with Gasteiger partial charge in [0.2, 0.25) is 4.96 Å². The molecular formula is C16H17N5OS. The second-order valence-electron chi connectivity index (χ2n) is 5.59. The fourth-order valence-electron chi connectivity index (χ4n) is 3.00. The number of piperazine rings is 1. The Morgan fingerprint density at radius 3 is 2.61 bits per heavy atom. The average Bonchev–Trinajstić information content (AvgIpc) is 3.15. The average molecular weight is 327 g/mol. The molecule has 3 heterocycles. The van der Waals surface area contributed by atoms with Gasteiger partial charge in [-0.3, -0.25) is 4.79 Å². The highest BCUT2D eigenvalue weighted by atomic mass is 32.1. The van der Waals surface area contributed by atoms with E-state index >= 15 is 0 Å². The van der Waals surface area contributed by atoms with E-state index in [1.54, 1.807) is 10.0 Å². The number of imidazole rings is 1. The molecular weight excluding hydrogens is 310 g/mol. The number of nitrogens with zero attached hydrogens (tertiary/aromatic N) is 5. The van der Waals surface area contributed by atoms with Gasteiger partial charge in [-0.25, -0.2) is 4.98 Å². The van der Waals surface area contributed by atoms with E-state index in [2.05, 4.69) is 27.1 Å².